The number of nitrogens with one attached hydrogen (secondary N) is 2. The molecule has 3 nitrogen and oxygen atoms in total. The molecule has 20 heavy (non-hydrogen) atoms. The molecular weight excluding hydrogens is 255 g/mol. The maximum absolute atomic E-state index is 13.2. The normalized spacial score (nSPS) is 12.1. The van der Waals surface area contributed by atoms with E-state index in [0.717, 1.165) is 16.5 Å². The summed E-state index contributed by atoms with van der Waals surface area (Å²) in [4.78, 5) is 14.8. The van der Waals surface area contributed by atoms with E-state index < -0.39 is 0 Å². The Morgan fingerprint density at radius 3 is 2.75 bits per heavy atom. The van der Waals surface area contributed by atoms with Crippen LogP contribution in [0.5, 0.6) is 0 Å². The van der Waals surface area contributed by atoms with Crippen LogP contribution < -0.4 is 5.32 Å². The van der Waals surface area contributed by atoms with Crippen molar-refractivity contribution in [1.29, 1.82) is 0 Å². The number of benzene rings is 1. The van der Waals surface area contributed by atoms with Gasteiger partial charge in [0.1, 0.15) is 5.82 Å². The number of carbonyl (C=O) groups excluding carboxylic acids is 1. The van der Waals surface area contributed by atoms with E-state index in [4.69, 9.17) is 0 Å². The highest BCUT2D eigenvalue weighted by Crippen LogP contribution is 2.30. The largest absolute Gasteiger partial charge is 0.361 e. The topological polar surface area (TPSA) is 44.9 Å². The van der Waals surface area contributed by atoms with Crippen LogP contribution in [0.15, 0.2) is 24.4 Å². The zero-order chi connectivity index (χ0) is 14.9. The number of hydrogen-bond acceptors (Lipinski definition) is 1. The molecule has 0 bridgehead atoms. The molecule has 2 N–H and O–H groups in total. The molecule has 1 amide bonds. The predicted molar refractivity (Wildman–Crippen MR) is 79.1 cm³/mol. The van der Waals surface area contributed by atoms with Crippen molar-refractivity contribution in [3.05, 3.63) is 35.8 Å². The summed E-state index contributed by atoms with van der Waals surface area (Å²) >= 11 is 0. The van der Waals surface area contributed by atoms with Gasteiger partial charge in [-0.1, -0.05) is 27.7 Å². The van der Waals surface area contributed by atoms with Crippen LogP contribution in [0.4, 0.5) is 4.39 Å². The second-order valence-electron chi connectivity index (χ2n) is 6.15. The fourth-order valence-electron chi connectivity index (χ4n) is 2.27. The van der Waals surface area contributed by atoms with Gasteiger partial charge in [0, 0.05) is 35.0 Å². The van der Waals surface area contributed by atoms with Crippen LogP contribution in [-0.2, 0) is 10.2 Å². The van der Waals surface area contributed by atoms with Gasteiger partial charge in [-0.3, -0.25) is 4.79 Å². The van der Waals surface area contributed by atoms with Crippen LogP contribution in [0.25, 0.3) is 10.9 Å². The molecular formula is C16H21FN2O. The van der Waals surface area contributed by atoms with Crippen molar-refractivity contribution in [3.63, 3.8) is 0 Å². The Balaban J connectivity index is 2.25. The Kier molecular flexibility index (Phi) is 3.84. The molecule has 2 rings (SSSR count). The molecule has 108 valence electrons. The number of carbonyl (C=O) groups is 1. The molecule has 0 saturated heterocycles. The average molecular weight is 276 g/mol. The Morgan fingerprint density at radius 2 is 2.10 bits per heavy atom. The van der Waals surface area contributed by atoms with Gasteiger partial charge in [-0.15, -0.1) is 0 Å². The van der Waals surface area contributed by atoms with Crippen molar-refractivity contribution in [2.75, 3.05) is 6.54 Å². The molecule has 2 aromatic rings. The third kappa shape index (κ3) is 2.84. The summed E-state index contributed by atoms with van der Waals surface area (Å²) < 4.78 is 13.2. The van der Waals surface area contributed by atoms with Crippen molar-refractivity contribution in [3.8, 4) is 0 Å². The summed E-state index contributed by atoms with van der Waals surface area (Å²) in [5, 5.41) is 3.96. The SMILES string of the molecule is CC(C)C(=O)NCC(C)(C)c1c[nH]c2cc(F)ccc12. The minimum absolute atomic E-state index is 0.0251. The summed E-state index contributed by atoms with van der Waals surface area (Å²) in [6, 6.07) is 4.73. The lowest BCUT2D eigenvalue weighted by Gasteiger charge is -2.25. The number of fused-ring (bicyclic) bond motifs is 1. The van der Waals surface area contributed by atoms with E-state index in [9.17, 15) is 9.18 Å². The first kappa shape index (κ1) is 14.6. The molecule has 0 spiro atoms. The lowest BCUT2D eigenvalue weighted by Crippen LogP contribution is -2.38. The fourth-order valence-corrected chi connectivity index (χ4v) is 2.27. The lowest BCUT2D eigenvalue weighted by molar-refractivity contribution is -0.124. The molecule has 0 aliphatic carbocycles. The number of amides is 1. The zero-order valence-corrected chi connectivity index (χ0v) is 12.4. The third-order valence-corrected chi connectivity index (χ3v) is 3.60. The van der Waals surface area contributed by atoms with E-state index in [2.05, 4.69) is 24.1 Å². The number of halogens is 1. The van der Waals surface area contributed by atoms with Gasteiger partial charge in [0.2, 0.25) is 5.91 Å². The fraction of sp³-hybridized carbons (Fsp3) is 0.438. The van der Waals surface area contributed by atoms with Crippen molar-refractivity contribution in [2.24, 2.45) is 5.92 Å². The van der Waals surface area contributed by atoms with E-state index in [-0.39, 0.29) is 23.1 Å². The molecule has 1 aromatic carbocycles. The second kappa shape index (κ2) is 5.27. The highest BCUT2D eigenvalue weighted by molar-refractivity contribution is 5.84. The minimum atomic E-state index is -0.253. The number of aromatic nitrogens is 1. The Labute approximate surface area is 118 Å². The summed E-state index contributed by atoms with van der Waals surface area (Å²) in [7, 11) is 0. The molecule has 1 aromatic heterocycles. The van der Waals surface area contributed by atoms with E-state index in [1.807, 2.05) is 20.0 Å². The van der Waals surface area contributed by atoms with Crippen LogP contribution >= 0.6 is 0 Å². The Bertz CT molecular complexity index is 628. The lowest BCUT2D eigenvalue weighted by atomic mass is 9.84. The first-order valence-electron chi connectivity index (χ1n) is 6.86. The van der Waals surface area contributed by atoms with Gasteiger partial charge in [0.15, 0.2) is 0 Å². The van der Waals surface area contributed by atoms with Gasteiger partial charge in [-0.2, -0.15) is 0 Å². The molecule has 1 heterocycles. The quantitative estimate of drug-likeness (QED) is 0.883. The molecule has 0 saturated carbocycles. The highest BCUT2D eigenvalue weighted by Gasteiger charge is 2.25. The molecule has 0 aliphatic rings. The van der Waals surface area contributed by atoms with E-state index in [1.165, 1.54) is 12.1 Å². The van der Waals surface area contributed by atoms with E-state index in [1.54, 1.807) is 6.07 Å². The predicted octanol–water partition coefficient (Wildman–Crippen LogP) is 3.36. The zero-order valence-electron chi connectivity index (χ0n) is 12.4. The molecule has 0 unspecified atom stereocenters. The first-order valence-corrected chi connectivity index (χ1v) is 6.86. The number of H-pyrrole nitrogens is 1. The number of hydrogen-bond donors (Lipinski definition) is 2. The molecule has 0 radical (unpaired) electrons. The van der Waals surface area contributed by atoms with Gasteiger partial charge in [-0.25, -0.2) is 4.39 Å². The monoisotopic (exact) mass is 276 g/mol. The molecule has 0 aliphatic heterocycles. The summed E-state index contributed by atoms with van der Waals surface area (Å²) in [6.45, 7) is 8.43. The average Bonchev–Trinajstić information content (AvgIpc) is 2.79. The van der Waals surface area contributed by atoms with Crippen LogP contribution in [0.3, 0.4) is 0 Å². The summed E-state index contributed by atoms with van der Waals surface area (Å²) in [5.41, 5.74) is 1.64. The van der Waals surface area contributed by atoms with Crippen LogP contribution in [0, 0.1) is 11.7 Å². The van der Waals surface area contributed by atoms with Crippen molar-refractivity contribution in [2.45, 2.75) is 33.1 Å². The molecule has 4 heteroatoms. The van der Waals surface area contributed by atoms with Crippen LogP contribution in [-0.4, -0.2) is 17.4 Å². The van der Waals surface area contributed by atoms with Crippen molar-refractivity contribution in [1.82, 2.24) is 10.3 Å². The van der Waals surface area contributed by atoms with Gasteiger partial charge in [0.25, 0.3) is 0 Å². The third-order valence-electron chi connectivity index (χ3n) is 3.60. The maximum Gasteiger partial charge on any atom is 0.222 e. The van der Waals surface area contributed by atoms with E-state index in [0.29, 0.717) is 6.54 Å². The standard InChI is InChI=1S/C16H21FN2O/c1-10(2)15(20)19-9-16(3,4)13-8-18-14-7-11(17)5-6-12(13)14/h5-8,10,18H,9H2,1-4H3,(H,19,20). The van der Waals surface area contributed by atoms with Gasteiger partial charge < -0.3 is 10.3 Å². The first-order chi connectivity index (χ1) is 9.31. The number of rotatable bonds is 4. The minimum Gasteiger partial charge on any atom is -0.361 e. The maximum atomic E-state index is 13.2. The highest BCUT2D eigenvalue weighted by atomic mass is 19.1. The van der Waals surface area contributed by atoms with Crippen molar-refractivity contribution >= 4 is 16.8 Å². The summed E-state index contributed by atoms with van der Waals surface area (Å²) in [6.07, 6.45) is 1.89. The van der Waals surface area contributed by atoms with Gasteiger partial charge >= 0.3 is 0 Å². The van der Waals surface area contributed by atoms with Crippen LogP contribution in [0.2, 0.25) is 0 Å². The van der Waals surface area contributed by atoms with E-state index >= 15 is 0 Å². The van der Waals surface area contributed by atoms with Crippen LogP contribution in [0.1, 0.15) is 33.3 Å². The molecule has 0 fully saturated rings. The van der Waals surface area contributed by atoms with Gasteiger partial charge in [-0.05, 0) is 23.8 Å². The number of aromatic amines is 1. The Morgan fingerprint density at radius 1 is 1.40 bits per heavy atom. The second-order valence-corrected chi connectivity index (χ2v) is 6.15. The van der Waals surface area contributed by atoms with Crippen molar-refractivity contribution < 1.29 is 9.18 Å². The molecule has 0 atom stereocenters. The van der Waals surface area contributed by atoms with Gasteiger partial charge in [0.05, 0.1) is 0 Å². The Hall–Kier alpha value is -1.84. The smallest absolute Gasteiger partial charge is 0.222 e. The summed E-state index contributed by atoms with van der Waals surface area (Å²) in [5.74, 6) is -0.233.